The zero-order valence-corrected chi connectivity index (χ0v) is 11.5. The van der Waals surface area contributed by atoms with Gasteiger partial charge in [-0.2, -0.15) is 0 Å². The standard InChI is InChI=1S/C17H20O3/c1-2-17(18)20-13-12-19-16-11-7-6-10-15(16)14-8-4-3-5-9-14/h2-4,6-8,10-11,15-16H,1,5,9,12-13H2. The molecule has 2 rings (SSSR count). The summed E-state index contributed by atoms with van der Waals surface area (Å²) < 4.78 is 10.7. The van der Waals surface area contributed by atoms with Gasteiger partial charge >= 0.3 is 5.97 Å². The molecule has 0 saturated carbocycles. The lowest BCUT2D eigenvalue weighted by atomic mass is 9.85. The van der Waals surface area contributed by atoms with Crippen molar-refractivity contribution in [1.82, 2.24) is 0 Å². The fourth-order valence-electron chi connectivity index (χ4n) is 2.36. The zero-order valence-electron chi connectivity index (χ0n) is 11.5. The van der Waals surface area contributed by atoms with Crippen molar-refractivity contribution >= 4 is 5.97 Å². The Hall–Kier alpha value is -1.87. The Morgan fingerprint density at radius 2 is 2.15 bits per heavy atom. The molecule has 0 bridgehead atoms. The lowest BCUT2D eigenvalue weighted by molar-refractivity contribution is -0.139. The van der Waals surface area contributed by atoms with Gasteiger partial charge in [0.25, 0.3) is 0 Å². The van der Waals surface area contributed by atoms with Crippen molar-refractivity contribution in [2.75, 3.05) is 13.2 Å². The van der Waals surface area contributed by atoms with Crippen LogP contribution in [-0.4, -0.2) is 25.3 Å². The first-order valence-corrected chi connectivity index (χ1v) is 6.92. The fraction of sp³-hybridized carbons (Fsp3) is 0.353. The molecule has 3 nitrogen and oxygen atoms in total. The third-order valence-electron chi connectivity index (χ3n) is 3.36. The average Bonchev–Trinajstić information content (AvgIpc) is 2.52. The molecule has 2 atom stereocenters. The Bertz CT molecular complexity index is 469. The van der Waals surface area contributed by atoms with E-state index >= 15 is 0 Å². The molecule has 0 aromatic rings. The summed E-state index contributed by atoms with van der Waals surface area (Å²) >= 11 is 0. The molecule has 2 aliphatic carbocycles. The molecule has 0 aromatic carbocycles. The predicted molar refractivity (Wildman–Crippen MR) is 79.1 cm³/mol. The maximum atomic E-state index is 10.9. The van der Waals surface area contributed by atoms with E-state index in [1.807, 2.05) is 6.08 Å². The Kier molecular flexibility index (Phi) is 5.56. The van der Waals surface area contributed by atoms with Gasteiger partial charge in [0.2, 0.25) is 0 Å². The van der Waals surface area contributed by atoms with Gasteiger partial charge in [-0.1, -0.05) is 54.7 Å². The second-order valence-electron chi connectivity index (χ2n) is 4.71. The third-order valence-corrected chi connectivity index (χ3v) is 3.36. The molecule has 0 aromatic heterocycles. The second-order valence-corrected chi connectivity index (χ2v) is 4.71. The van der Waals surface area contributed by atoms with Gasteiger partial charge in [-0.15, -0.1) is 0 Å². The molecule has 20 heavy (non-hydrogen) atoms. The van der Waals surface area contributed by atoms with Gasteiger partial charge < -0.3 is 9.47 Å². The van der Waals surface area contributed by atoms with Crippen molar-refractivity contribution in [3.8, 4) is 0 Å². The van der Waals surface area contributed by atoms with Crippen LogP contribution in [0.1, 0.15) is 12.8 Å². The number of carbonyl (C=O) groups is 1. The number of rotatable bonds is 6. The number of hydrogen-bond acceptors (Lipinski definition) is 3. The van der Waals surface area contributed by atoms with E-state index in [1.54, 1.807) is 0 Å². The van der Waals surface area contributed by atoms with Gasteiger partial charge in [-0.25, -0.2) is 4.79 Å². The summed E-state index contributed by atoms with van der Waals surface area (Å²) in [5, 5.41) is 0. The third kappa shape index (κ3) is 4.07. The summed E-state index contributed by atoms with van der Waals surface area (Å²) in [7, 11) is 0. The van der Waals surface area contributed by atoms with Crippen LogP contribution in [0.5, 0.6) is 0 Å². The van der Waals surface area contributed by atoms with Crippen molar-refractivity contribution in [2.45, 2.75) is 18.9 Å². The summed E-state index contributed by atoms with van der Waals surface area (Å²) in [5.74, 6) is -0.135. The zero-order chi connectivity index (χ0) is 14.2. The smallest absolute Gasteiger partial charge is 0.330 e. The van der Waals surface area contributed by atoms with Crippen molar-refractivity contribution in [1.29, 1.82) is 0 Å². The summed E-state index contributed by atoms with van der Waals surface area (Å²) in [4.78, 5) is 10.9. The number of allylic oxidation sites excluding steroid dienone is 5. The van der Waals surface area contributed by atoms with Crippen LogP contribution in [0.15, 0.2) is 60.8 Å². The molecule has 0 heterocycles. The summed E-state index contributed by atoms with van der Waals surface area (Å²) in [6, 6.07) is 0. The fourth-order valence-corrected chi connectivity index (χ4v) is 2.36. The minimum Gasteiger partial charge on any atom is -0.460 e. The van der Waals surface area contributed by atoms with E-state index in [-0.39, 0.29) is 18.6 Å². The lowest BCUT2D eigenvalue weighted by Crippen LogP contribution is -2.26. The SMILES string of the molecule is C=CC(=O)OCCOC1C=CC=CC1C1=CC=CCC1. The summed E-state index contributed by atoms with van der Waals surface area (Å²) in [6.45, 7) is 4.00. The first-order chi connectivity index (χ1) is 9.81. The summed E-state index contributed by atoms with van der Waals surface area (Å²) in [5.41, 5.74) is 1.39. The largest absolute Gasteiger partial charge is 0.460 e. The highest BCUT2D eigenvalue weighted by atomic mass is 16.6. The molecule has 0 N–H and O–H groups in total. The van der Waals surface area contributed by atoms with Crippen LogP contribution in [0, 0.1) is 5.92 Å². The molecule has 0 radical (unpaired) electrons. The lowest BCUT2D eigenvalue weighted by Gasteiger charge is -2.27. The number of carbonyl (C=O) groups excluding carboxylic acids is 1. The van der Waals surface area contributed by atoms with E-state index in [1.165, 1.54) is 5.57 Å². The molecular weight excluding hydrogens is 252 g/mol. The topological polar surface area (TPSA) is 35.5 Å². The maximum absolute atomic E-state index is 10.9. The molecule has 2 unspecified atom stereocenters. The monoisotopic (exact) mass is 272 g/mol. The molecule has 0 amide bonds. The Morgan fingerprint density at radius 3 is 2.90 bits per heavy atom. The van der Waals surface area contributed by atoms with Crippen LogP contribution in [-0.2, 0) is 14.3 Å². The Morgan fingerprint density at radius 1 is 1.30 bits per heavy atom. The van der Waals surface area contributed by atoms with E-state index < -0.39 is 5.97 Å². The van der Waals surface area contributed by atoms with Crippen molar-refractivity contribution in [2.24, 2.45) is 5.92 Å². The number of hydrogen-bond donors (Lipinski definition) is 0. The quantitative estimate of drug-likeness (QED) is 0.423. The highest BCUT2D eigenvalue weighted by Crippen LogP contribution is 2.29. The predicted octanol–water partition coefficient (Wildman–Crippen LogP) is 3.12. The number of esters is 1. The average molecular weight is 272 g/mol. The molecule has 3 heteroatoms. The molecule has 0 spiro atoms. The van der Waals surface area contributed by atoms with Gasteiger partial charge in [-0.05, 0) is 12.8 Å². The molecule has 106 valence electrons. The normalized spacial score (nSPS) is 24.3. The van der Waals surface area contributed by atoms with Crippen molar-refractivity contribution < 1.29 is 14.3 Å². The first kappa shape index (κ1) is 14.5. The van der Waals surface area contributed by atoms with E-state index in [2.05, 4.69) is 43.0 Å². The van der Waals surface area contributed by atoms with E-state index in [9.17, 15) is 4.79 Å². The van der Waals surface area contributed by atoms with Crippen LogP contribution in [0.25, 0.3) is 0 Å². The van der Waals surface area contributed by atoms with Gasteiger partial charge in [0, 0.05) is 12.0 Å². The first-order valence-electron chi connectivity index (χ1n) is 6.92. The highest BCUT2D eigenvalue weighted by Gasteiger charge is 2.23. The molecule has 0 saturated heterocycles. The van der Waals surface area contributed by atoms with Crippen LogP contribution in [0.3, 0.4) is 0 Å². The minimum atomic E-state index is -0.413. The van der Waals surface area contributed by atoms with Crippen LogP contribution in [0.2, 0.25) is 0 Å². The minimum absolute atomic E-state index is 0.0141. The Balaban J connectivity index is 1.85. The summed E-state index contributed by atoms with van der Waals surface area (Å²) in [6.07, 6.45) is 18.1. The van der Waals surface area contributed by atoms with Crippen LogP contribution in [0.4, 0.5) is 0 Å². The van der Waals surface area contributed by atoms with E-state index in [4.69, 9.17) is 9.47 Å². The number of ether oxygens (including phenoxy) is 2. The van der Waals surface area contributed by atoms with Gasteiger partial charge in [0.15, 0.2) is 0 Å². The molecular formula is C17H20O3. The van der Waals surface area contributed by atoms with E-state index in [0.717, 1.165) is 18.9 Å². The van der Waals surface area contributed by atoms with Gasteiger partial charge in [0.1, 0.15) is 6.61 Å². The van der Waals surface area contributed by atoms with Crippen molar-refractivity contribution in [3.05, 3.63) is 60.8 Å². The van der Waals surface area contributed by atoms with Gasteiger partial charge in [0.05, 0.1) is 12.7 Å². The molecule has 2 aliphatic rings. The second kappa shape index (κ2) is 7.65. The van der Waals surface area contributed by atoms with Crippen LogP contribution < -0.4 is 0 Å². The van der Waals surface area contributed by atoms with Crippen LogP contribution >= 0.6 is 0 Å². The maximum Gasteiger partial charge on any atom is 0.330 e. The van der Waals surface area contributed by atoms with E-state index in [0.29, 0.717) is 6.61 Å². The van der Waals surface area contributed by atoms with Gasteiger partial charge in [-0.3, -0.25) is 0 Å². The molecule has 0 fully saturated rings. The Labute approximate surface area is 120 Å². The highest BCUT2D eigenvalue weighted by molar-refractivity contribution is 5.81. The molecule has 0 aliphatic heterocycles. The van der Waals surface area contributed by atoms with Crippen molar-refractivity contribution in [3.63, 3.8) is 0 Å².